The Bertz CT molecular complexity index is 509. The summed E-state index contributed by atoms with van der Waals surface area (Å²) in [6.07, 6.45) is 3.86. The van der Waals surface area contributed by atoms with Crippen molar-refractivity contribution in [3.05, 3.63) is 24.3 Å². The van der Waals surface area contributed by atoms with Crippen molar-refractivity contribution in [3.63, 3.8) is 0 Å². The van der Waals surface area contributed by atoms with E-state index >= 15 is 0 Å². The van der Waals surface area contributed by atoms with E-state index in [0.717, 1.165) is 19.2 Å². The van der Waals surface area contributed by atoms with Crippen molar-refractivity contribution >= 4 is 17.6 Å². The van der Waals surface area contributed by atoms with Gasteiger partial charge in [-0.25, -0.2) is 9.18 Å². The lowest BCUT2D eigenvalue weighted by molar-refractivity contribution is -0.127. The number of halogens is 1. The van der Waals surface area contributed by atoms with Crippen molar-refractivity contribution in [2.75, 3.05) is 18.4 Å². The average molecular weight is 280 g/mol. The normalized spacial score (nSPS) is 16.1. The van der Waals surface area contributed by atoms with Gasteiger partial charge in [-0.05, 0) is 19.4 Å². The Morgan fingerprint density at radius 1 is 1.60 bits per heavy atom. The molecule has 3 amide bonds. The second-order valence-corrected chi connectivity index (χ2v) is 4.80. The highest BCUT2D eigenvalue weighted by Gasteiger charge is 2.22. The first-order valence-electron chi connectivity index (χ1n) is 6.51. The Kier molecular flexibility index (Phi) is 4.49. The Balaban J connectivity index is 1.82. The molecule has 0 aliphatic carbocycles. The summed E-state index contributed by atoms with van der Waals surface area (Å²) in [6.45, 7) is 2.99. The highest BCUT2D eigenvalue weighted by Crippen LogP contribution is 2.11. The van der Waals surface area contributed by atoms with Crippen LogP contribution in [0.15, 0.2) is 18.5 Å². The molecular formula is C13H17FN4O2. The summed E-state index contributed by atoms with van der Waals surface area (Å²) in [7, 11) is 0. The number of rotatable bonds is 4. The van der Waals surface area contributed by atoms with E-state index in [-0.39, 0.29) is 17.6 Å². The van der Waals surface area contributed by atoms with Gasteiger partial charge in [0.05, 0.1) is 11.9 Å². The van der Waals surface area contributed by atoms with Crippen LogP contribution in [0, 0.1) is 5.82 Å². The molecule has 1 atom stereocenters. The lowest BCUT2D eigenvalue weighted by Crippen LogP contribution is -2.44. The van der Waals surface area contributed by atoms with E-state index in [0.29, 0.717) is 13.0 Å². The van der Waals surface area contributed by atoms with Gasteiger partial charge >= 0.3 is 6.03 Å². The van der Waals surface area contributed by atoms with Crippen molar-refractivity contribution in [1.82, 2.24) is 15.2 Å². The zero-order valence-electron chi connectivity index (χ0n) is 11.2. The number of carbonyl (C=O) groups is 2. The number of aromatic nitrogens is 1. The lowest BCUT2D eigenvalue weighted by atomic mass is 10.3. The Morgan fingerprint density at radius 3 is 3.05 bits per heavy atom. The van der Waals surface area contributed by atoms with Crippen LogP contribution in [0.5, 0.6) is 0 Å². The number of likely N-dealkylation sites (tertiary alicyclic amines) is 1. The largest absolute Gasteiger partial charge is 0.341 e. The van der Waals surface area contributed by atoms with E-state index in [1.807, 2.05) is 0 Å². The molecule has 0 unspecified atom stereocenters. The van der Waals surface area contributed by atoms with Gasteiger partial charge in [-0.2, -0.15) is 0 Å². The number of hydrogen-bond acceptors (Lipinski definition) is 3. The Morgan fingerprint density at radius 2 is 2.40 bits per heavy atom. The molecule has 0 bridgehead atoms. The highest BCUT2D eigenvalue weighted by molar-refractivity contribution is 5.89. The smallest absolute Gasteiger partial charge is 0.319 e. The number of hydrogen-bond donors (Lipinski definition) is 2. The van der Waals surface area contributed by atoms with Gasteiger partial charge in [0.2, 0.25) is 5.91 Å². The highest BCUT2D eigenvalue weighted by atomic mass is 19.1. The van der Waals surface area contributed by atoms with Crippen LogP contribution in [0.3, 0.4) is 0 Å². The molecule has 1 aliphatic rings. The molecular weight excluding hydrogens is 263 g/mol. The first-order chi connectivity index (χ1) is 9.56. The van der Waals surface area contributed by atoms with Gasteiger partial charge in [-0.15, -0.1) is 0 Å². The molecule has 0 radical (unpaired) electrons. The molecule has 0 aromatic carbocycles. The van der Waals surface area contributed by atoms with Crippen LogP contribution < -0.4 is 10.6 Å². The maximum absolute atomic E-state index is 13.3. The summed E-state index contributed by atoms with van der Waals surface area (Å²) in [4.78, 5) is 28.5. The summed E-state index contributed by atoms with van der Waals surface area (Å²) < 4.78 is 13.3. The molecule has 2 heterocycles. The monoisotopic (exact) mass is 280 g/mol. The molecule has 1 fully saturated rings. The standard InChI is InChI=1S/C13H17FN4O2/c1-9(8-18-6-2-3-12(18)19)16-13(20)17-11-4-5-15-7-10(11)14/h4-5,7,9H,2-3,6,8H2,1H3,(H2,15,16,17,20)/t9-/m0/s1. The van der Waals surface area contributed by atoms with Gasteiger partial charge in [0.25, 0.3) is 0 Å². The zero-order chi connectivity index (χ0) is 14.5. The maximum atomic E-state index is 13.3. The van der Waals surface area contributed by atoms with Gasteiger partial charge in [0.1, 0.15) is 0 Å². The number of amides is 3. The quantitative estimate of drug-likeness (QED) is 0.874. The number of anilines is 1. The van der Waals surface area contributed by atoms with Crippen LogP contribution >= 0.6 is 0 Å². The van der Waals surface area contributed by atoms with Crippen molar-refractivity contribution in [3.8, 4) is 0 Å². The van der Waals surface area contributed by atoms with Crippen LogP contribution in [-0.2, 0) is 4.79 Å². The van der Waals surface area contributed by atoms with Gasteiger partial charge in [0.15, 0.2) is 5.82 Å². The third-order valence-electron chi connectivity index (χ3n) is 3.06. The maximum Gasteiger partial charge on any atom is 0.319 e. The fourth-order valence-electron chi connectivity index (χ4n) is 2.13. The SMILES string of the molecule is C[C@@H](CN1CCCC1=O)NC(=O)Nc1ccncc1F. The Hall–Kier alpha value is -2.18. The molecule has 20 heavy (non-hydrogen) atoms. The average Bonchev–Trinajstić information content (AvgIpc) is 2.77. The summed E-state index contributed by atoms with van der Waals surface area (Å²) in [5, 5.41) is 5.08. The summed E-state index contributed by atoms with van der Waals surface area (Å²) in [5.74, 6) is -0.482. The Labute approximate surface area is 116 Å². The van der Waals surface area contributed by atoms with E-state index in [2.05, 4.69) is 15.6 Å². The number of urea groups is 1. The van der Waals surface area contributed by atoms with Gasteiger partial charge < -0.3 is 15.5 Å². The number of carbonyl (C=O) groups excluding carboxylic acids is 2. The number of pyridine rings is 1. The van der Waals surface area contributed by atoms with E-state index in [1.165, 1.54) is 12.3 Å². The molecule has 1 aromatic rings. The third kappa shape index (κ3) is 3.66. The van der Waals surface area contributed by atoms with E-state index in [1.54, 1.807) is 11.8 Å². The summed E-state index contributed by atoms with van der Waals surface area (Å²) in [6, 6.07) is 0.667. The van der Waals surface area contributed by atoms with Gasteiger partial charge in [-0.1, -0.05) is 0 Å². The summed E-state index contributed by atoms with van der Waals surface area (Å²) in [5.41, 5.74) is 0.0712. The molecule has 2 rings (SSSR count). The van der Waals surface area contributed by atoms with Crippen molar-refractivity contribution in [1.29, 1.82) is 0 Å². The van der Waals surface area contributed by atoms with Crippen LogP contribution in [0.4, 0.5) is 14.9 Å². The zero-order valence-corrected chi connectivity index (χ0v) is 11.2. The van der Waals surface area contributed by atoms with Crippen molar-refractivity contribution < 1.29 is 14.0 Å². The van der Waals surface area contributed by atoms with Crippen LogP contribution in [0.2, 0.25) is 0 Å². The lowest BCUT2D eigenvalue weighted by Gasteiger charge is -2.21. The molecule has 1 saturated heterocycles. The molecule has 6 nitrogen and oxygen atoms in total. The van der Waals surface area contributed by atoms with Crippen LogP contribution in [-0.4, -0.2) is 41.0 Å². The minimum Gasteiger partial charge on any atom is -0.341 e. The van der Waals surface area contributed by atoms with Gasteiger partial charge in [-0.3, -0.25) is 9.78 Å². The third-order valence-corrected chi connectivity index (χ3v) is 3.06. The molecule has 108 valence electrons. The van der Waals surface area contributed by atoms with E-state index < -0.39 is 11.8 Å². The van der Waals surface area contributed by atoms with E-state index in [4.69, 9.17) is 0 Å². The molecule has 1 aliphatic heterocycles. The minimum absolute atomic E-state index is 0.0712. The molecule has 7 heteroatoms. The molecule has 2 N–H and O–H groups in total. The first kappa shape index (κ1) is 14.2. The fourth-order valence-corrected chi connectivity index (χ4v) is 2.13. The predicted octanol–water partition coefficient (Wildman–Crippen LogP) is 1.35. The summed E-state index contributed by atoms with van der Waals surface area (Å²) >= 11 is 0. The van der Waals surface area contributed by atoms with E-state index in [9.17, 15) is 14.0 Å². The molecule has 0 spiro atoms. The first-order valence-corrected chi connectivity index (χ1v) is 6.51. The van der Waals surface area contributed by atoms with Crippen molar-refractivity contribution in [2.45, 2.75) is 25.8 Å². The molecule has 1 aromatic heterocycles. The van der Waals surface area contributed by atoms with Crippen LogP contribution in [0.1, 0.15) is 19.8 Å². The number of nitrogens with one attached hydrogen (secondary N) is 2. The number of nitrogens with zero attached hydrogens (tertiary/aromatic N) is 2. The predicted molar refractivity (Wildman–Crippen MR) is 71.6 cm³/mol. The topological polar surface area (TPSA) is 74.3 Å². The van der Waals surface area contributed by atoms with Crippen molar-refractivity contribution in [2.24, 2.45) is 0 Å². The minimum atomic E-state index is -0.593. The second kappa shape index (κ2) is 6.31. The fraction of sp³-hybridized carbons (Fsp3) is 0.462. The van der Waals surface area contributed by atoms with Crippen LogP contribution in [0.25, 0.3) is 0 Å². The molecule has 0 saturated carbocycles. The second-order valence-electron chi connectivity index (χ2n) is 4.80. The van der Waals surface area contributed by atoms with Gasteiger partial charge in [0, 0.05) is 31.7 Å².